The lowest BCUT2D eigenvalue weighted by Crippen LogP contribution is -2.49. The van der Waals surface area contributed by atoms with Crippen LogP contribution < -0.4 is 16.0 Å². The van der Waals surface area contributed by atoms with Gasteiger partial charge in [0.15, 0.2) is 0 Å². The van der Waals surface area contributed by atoms with Crippen LogP contribution in [0.5, 0.6) is 5.75 Å². The molecule has 3 heterocycles. The van der Waals surface area contributed by atoms with E-state index in [1.54, 1.807) is 41.9 Å². The van der Waals surface area contributed by atoms with Gasteiger partial charge in [-0.1, -0.05) is 25.2 Å². The third-order valence-electron chi connectivity index (χ3n) is 8.10. The third-order valence-corrected chi connectivity index (χ3v) is 9.41. The molecular formula is C32H39FN6O5S. The first-order valence-corrected chi connectivity index (χ1v) is 15.9. The molecule has 0 spiro atoms. The maximum absolute atomic E-state index is 14.5. The zero-order valence-corrected chi connectivity index (χ0v) is 27.3. The number of carbonyl (C=O) groups excluding carboxylic acids is 1. The Balaban J connectivity index is 1.99. The first kappa shape index (κ1) is 33.6. The van der Waals surface area contributed by atoms with Crippen molar-refractivity contribution in [3.63, 3.8) is 0 Å². The average molecular weight is 639 g/mol. The summed E-state index contributed by atoms with van der Waals surface area (Å²) in [5.74, 6) is -0.525. The van der Waals surface area contributed by atoms with Gasteiger partial charge < -0.3 is 14.4 Å². The third kappa shape index (κ3) is 6.57. The Morgan fingerprint density at radius 2 is 1.96 bits per heavy atom. The number of halogens is 1. The zero-order chi connectivity index (χ0) is 32.8. The summed E-state index contributed by atoms with van der Waals surface area (Å²) >= 11 is 1.21. The van der Waals surface area contributed by atoms with Gasteiger partial charge in [0, 0.05) is 36.1 Å². The van der Waals surface area contributed by atoms with Gasteiger partial charge in [-0.05, 0) is 57.9 Å². The van der Waals surface area contributed by atoms with Crippen LogP contribution >= 0.6 is 11.3 Å². The lowest BCUT2D eigenvalue weighted by atomic mass is 10.1. The van der Waals surface area contributed by atoms with Gasteiger partial charge in [-0.15, -0.1) is 0 Å². The number of nitrogens with zero attached hydrogens (tertiary/aromatic N) is 6. The normalized spacial score (nSPS) is 12.8. The van der Waals surface area contributed by atoms with Crippen LogP contribution in [0.2, 0.25) is 0 Å². The van der Waals surface area contributed by atoms with Gasteiger partial charge >= 0.3 is 5.69 Å². The summed E-state index contributed by atoms with van der Waals surface area (Å²) < 4.78 is 30.1. The van der Waals surface area contributed by atoms with Gasteiger partial charge in [0.2, 0.25) is 5.91 Å². The van der Waals surface area contributed by atoms with Crippen molar-refractivity contribution in [2.45, 2.75) is 78.6 Å². The van der Waals surface area contributed by atoms with Gasteiger partial charge in [-0.25, -0.2) is 18.4 Å². The van der Waals surface area contributed by atoms with E-state index in [1.807, 2.05) is 26.8 Å². The van der Waals surface area contributed by atoms with Crippen molar-refractivity contribution in [2.75, 3.05) is 20.3 Å². The number of thiophene rings is 1. The summed E-state index contributed by atoms with van der Waals surface area (Å²) in [6, 6.07) is 6.63. The van der Waals surface area contributed by atoms with Gasteiger partial charge in [0.1, 0.15) is 33.5 Å². The number of carbonyl (C=O) groups is 1. The number of aromatic nitrogens is 4. The predicted octanol–water partition coefficient (Wildman–Crippen LogP) is 5.14. The highest BCUT2D eigenvalue weighted by Crippen LogP contribution is 2.34. The number of ether oxygens (including phenoxy) is 2. The van der Waals surface area contributed by atoms with Crippen molar-refractivity contribution >= 4 is 27.5 Å². The van der Waals surface area contributed by atoms with Crippen molar-refractivity contribution in [2.24, 2.45) is 0 Å². The second-order valence-corrected chi connectivity index (χ2v) is 11.6. The number of likely N-dealkylation sites (N-methyl/N-ethyl adjacent to an activating group) is 1. The minimum atomic E-state index is -1.10. The van der Waals surface area contributed by atoms with Crippen LogP contribution in [-0.2, 0) is 16.1 Å². The quantitative estimate of drug-likeness (QED) is 0.175. The highest BCUT2D eigenvalue weighted by atomic mass is 32.1. The Morgan fingerprint density at radius 1 is 1.22 bits per heavy atom. The molecule has 0 aliphatic heterocycles. The summed E-state index contributed by atoms with van der Waals surface area (Å²) in [6.45, 7) is 9.51. The van der Waals surface area contributed by atoms with E-state index < -0.39 is 29.2 Å². The van der Waals surface area contributed by atoms with Gasteiger partial charge in [0.05, 0.1) is 38.1 Å². The SMILES string of the molecule is CCC(CC)N(CC)C(=O)[C@@H](C)n1c(=O)c2c(C)c(-n3cccn3)sc2n(C[C@H](OCCC#N)c2cc(F)ccc2OC)c1=O. The molecule has 1 aromatic carbocycles. The number of benzene rings is 1. The van der Waals surface area contributed by atoms with Crippen molar-refractivity contribution in [1.29, 1.82) is 5.26 Å². The molecule has 0 fully saturated rings. The van der Waals surface area contributed by atoms with E-state index in [0.29, 0.717) is 33.3 Å². The predicted molar refractivity (Wildman–Crippen MR) is 171 cm³/mol. The Labute approximate surface area is 265 Å². The molecule has 11 nitrogen and oxygen atoms in total. The van der Waals surface area contributed by atoms with Crippen LogP contribution in [0.4, 0.5) is 4.39 Å². The van der Waals surface area contributed by atoms with E-state index in [0.717, 1.165) is 17.4 Å². The number of hydrogen-bond acceptors (Lipinski definition) is 8. The summed E-state index contributed by atoms with van der Waals surface area (Å²) in [5.41, 5.74) is -0.344. The first-order chi connectivity index (χ1) is 21.6. The number of aryl methyl sites for hydroxylation is 1. The van der Waals surface area contributed by atoms with Crippen LogP contribution in [0.1, 0.15) is 70.2 Å². The van der Waals surface area contributed by atoms with Gasteiger partial charge in [-0.3, -0.25) is 14.2 Å². The Morgan fingerprint density at radius 3 is 2.56 bits per heavy atom. The standard InChI is InChI=1S/C32H39FN6O5S/c1-7-23(8-2)36(9-3)28(40)21(5)39-29(41)27-20(4)30(38-16-11-15-35-38)45-31(27)37(32(39)42)19-26(44-17-10-14-34)24-18-22(33)12-13-25(24)43-6/h11-13,15-16,18,21,23,26H,7-10,17,19H2,1-6H3/t21-,26+/m1/s1. The maximum atomic E-state index is 14.5. The fourth-order valence-electron chi connectivity index (χ4n) is 5.75. The average Bonchev–Trinajstić information content (AvgIpc) is 3.68. The van der Waals surface area contributed by atoms with Gasteiger partial charge in [-0.2, -0.15) is 10.4 Å². The molecule has 0 bridgehead atoms. The highest BCUT2D eigenvalue weighted by molar-refractivity contribution is 7.21. The lowest BCUT2D eigenvalue weighted by Gasteiger charge is -2.32. The fourth-order valence-corrected chi connectivity index (χ4v) is 6.99. The van der Waals surface area contributed by atoms with Crippen LogP contribution in [-0.4, -0.2) is 56.0 Å². The highest BCUT2D eigenvalue weighted by Gasteiger charge is 2.31. The minimum absolute atomic E-state index is 0.0101. The molecule has 0 unspecified atom stereocenters. The molecule has 0 saturated heterocycles. The van der Waals surface area contributed by atoms with Crippen molar-refractivity contribution in [1.82, 2.24) is 23.8 Å². The van der Waals surface area contributed by atoms with E-state index in [-0.39, 0.29) is 36.9 Å². The van der Waals surface area contributed by atoms with Crippen molar-refractivity contribution in [3.8, 4) is 16.8 Å². The van der Waals surface area contributed by atoms with Crippen LogP contribution in [0.15, 0.2) is 46.2 Å². The second kappa shape index (κ2) is 14.7. The molecular weight excluding hydrogens is 599 g/mol. The molecule has 4 rings (SSSR count). The van der Waals surface area contributed by atoms with Crippen molar-refractivity contribution in [3.05, 3.63) is 74.4 Å². The molecule has 0 radical (unpaired) electrons. The first-order valence-electron chi connectivity index (χ1n) is 15.0. The second-order valence-electron chi connectivity index (χ2n) is 10.7. The molecule has 240 valence electrons. The Kier molecular flexibility index (Phi) is 11.0. The largest absolute Gasteiger partial charge is 0.496 e. The maximum Gasteiger partial charge on any atom is 0.332 e. The molecule has 0 N–H and O–H groups in total. The smallest absolute Gasteiger partial charge is 0.332 e. The van der Waals surface area contributed by atoms with E-state index in [4.69, 9.17) is 14.7 Å². The molecule has 3 aromatic heterocycles. The van der Waals surface area contributed by atoms with E-state index in [2.05, 4.69) is 5.10 Å². The Bertz CT molecular complexity index is 1800. The Hall–Kier alpha value is -4.28. The summed E-state index contributed by atoms with van der Waals surface area (Å²) in [4.78, 5) is 44.6. The zero-order valence-electron chi connectivity index (χ0n) is 26.4. The molecule has 45 heavy (non-hydrogen) atoms. The molecule has 0 aliphatic carbocycles. The fraction of sp³-hybridized carbons (Fsp3) is 0.469. The van der Waals surface area contributed by atoms with Crippen molar-refractivity contribution < 1.29 is 18.7 Å². The molecule has 4 aromatic rings. The molecule has 2 atom stereocenters. The van der Waals surface area contributed by atoms with Crippen LogP contribution in [0, 0.1) is 24.1 Å². The molecule has 0 saturated carbocycles. The summed E-state index contributed by atoms with van der Waals surface area (Å²) in [7, 11) is 1.44. The van der Waals surface area contributed by atoms with Gasteiger partial charge in [0.25, 0.3) is 5.56 Å². The molecule has 0 aliphatic rings. The number of rotatable bonds is 14. The monoisotopic (exact) mass is 638 g/mol. The molecule has 13 heteroatoms. The number of amides is 1. The number of hydrogen-bond donors (Lipinski definition) is 0. The van der Waals surface area contributed by atoms with E-state index in [9.17, 15) is 18.8 Å². The summed E-state index contributed by atoms with van der Waals surface area (Å²) in [5, 5.41) is 14.4. The summed E-state index contributed by atoms with van der Waals surface area (Å²) in [6.07, 6.45) is 3.94. The topological polar surface area (TPSA) is 124 Å². The van der Waals surface area contributed by atoms with Crippen LogP contribution in [0.3, 0.4) is 0 Å². The van der Waals surface area contributed by atoms with E-state index >= 15 is 0 Å². The minimum Gasteiger partial charge on any atom is -0.496 e. The van der Waals surface area contributed by atoms with Crippen LogP contribution in [0.25, 0.3) is 15.2 Å². The van der Waals surface area contributed by atoms with E-state index in [1.165, 1.54) is 41.2 Å². The number of fused-ring (bicyclic) bond motifs is 1. The number of methoxy groups -OCH3 is 1. The molecule has 1 amide bonds. The number of nitriles is 1. The lowest BCUT2D eigenvalue weighted by molar-refractivity contribution is -0.136.